The van der Waals surface area contributed by atoms with Crippen LogP contribution in [0.15, 0.2) is 24.3 Å². The van der Waals surface area contributed by atoms with Crippen LogP contribution in [-0.2, 0) is 19.3 Å². The highest BCUT2D eigenvalue weighted by Gasteiger charge is 2.37. The zero-order chi connectivity index (χ0) is 22.3. The van der Waals surface area contributed by atoms with Gasteiger partial charge in [-0.05, 0) is 30.4 Å². The molecule has 0 spiro atoms. The minimum absolute atomic E-state index is 0.146. The van der Waals surface area contributed by atoms with Gasteiger partial charge in [-0.3, -0.25) is 9.89 Å². The Bertz CT molecular complexity index is 993. The molecule has 1 saturated heterocycles. The number of aromatic amines is 1. The van der Waals surface area contributed by atoms with Crippen molar-refractivity contribution >= 4 is 11.9 Å². The SMILES string of the molecule is CN(C)C(=O)N1Cc2[nH]nc(C(=O)N3CCC(c4ccccc4C(F)(F)F)CC3)c2C1. The average molecular weight is 435 g/mol. The van der Waals surface area contributed by atoms with Crippen LogP contribution >= 0.6 is 0 Å². The van der Waals surface area contributed by atoms with Crippen molar-refractivity contribution in [3.63, 3.8) is 0 Å². The summed E-state index contributed by atoms with van der Waals surface area (Å²) in [5, 5.41) is 7.01. The third-order valence-corrected chi connectivity index (χ3v) is 5.99. The van der Waals surface area contributed by atoms with E-state index < -0.39 is 11.7 Å². The van der Waals surface area contributed by atoms with Gasteiger partial charge in [-0.25, -0.2) is 4.79 Å². The Hall–Kier alpha value is -3.04. The monoisotopic (exact) mass is 435 g/mol. The van der Waals surface area contributed by atoms with Crippen molar-refractivity contribution in [1.29, 1.82) is 0 Å². The Labute approximate surface area is 177 Å². The molecule has 4 rings (SSSR count). The Morgan fingerprint density at radius 1 is 1.10 bits per heavy atom. The number of halogens is 3. The molecule has 2 aliphatic heterocycles. The average Bonchev–Trinajstić information content (AvgIpc) is 3.33. The molecule has 0 unspecified atom stereocenters. The molecule has 10 heteroatoms. The fourth-order valence-electron chi connectivity index (χ4n) is 4.39. The van der Waals surface area contributed by atoms with Gasteiger partial charge in [0, 0.05) is 32.7 Å². The van der Waals surface area contributed by atoms with E-state index in [1.165, 1.54) is 17.0 Å². The molecule has 3 heterocycles. The maximum absolute atomic E-state index is 13.4. The Morgan fingerprint density at radius 2 is 1.77 bits per heavy atom. The largest absolute Gasteiger partial charge is 0.416 e. The third-order valence-electron chi connectivity index (χ3n) is 5.99. The van der Waals surface area contributed by atoms with Crippen molar-refractivity contribution in [2.45, 2.75) is 38.0 Å². The highest BCUT2D eigenvalue weighted by Crippen LogP contribution is 2.39. The molecule has 2 aliphatic rings. The summed E-state index contributed by atoms with van der Waals surface area (Å²) >= 11 is 0. The van der Waals surface area contributed by atoms with Gasteiger partial charge in [0.25, 0.3) is 5.91 Å². The molecule has 3 amide bonds. The fraction of sp³-hybridized carbons (Fsp3) is 0.476. The number of benzene rings is 1. The van der Waals surface area contributed by atoms with E-state index in [4.69, 9.17) is 0 Å². The minimum Gasteiger partial charge on any atom is -0.337 e. The molecule has 166 valence electrons. The number of amides is 3. The first-order chi connectivity index (χ1) is 14.7. The number of urea groups is 1. The van der Waals surface area contributed by atoms with Crippen LogP contribution in [0.1, 0.15) is 51.6 Å². The van der Waals surface area contributed by atoms with Gasteiger partial charge in [-0.2, -0.15) is 18.3 Å². The molecule has 1 aromatic heterocycles. The van der Waals surface area contributed by atoms with Crippen molar-refractivity contribution in [1.82, 2.24) is 24.9 Å². The summed E-state index contributed by atoms with van der Waals surface area (Å²) < 4.78 is 40.1. The molecule has 0 bridgehead atoms. The lowest BCUT2D eigenvalue weighted by Crippen LogP contribution is -2.39. The fourth-order valence-corrected chi connectivity index (χ4v) is 4.39. The number of likely N-dealkylation sites (tertiary alicyclic amines) is 1. The number of H-pyrrole nitrogens is 1. The highest BCUT2D eigenvalue weighted by atomic mass is 19.4. The van der Waals surface area contributed by atoms with Crippen LogP contribution in [0.5, 0.6) is 0 Å². The summed E-state index contributed by atoms with van der Waals surface area (Å²) in [7, 11) is 3.33. The lowest BCUT2D eigenvalue weighted by molar-refractivity contribution is -0.138. The number of carbonyl (C=O) groups is 2. The molecule has 2 aromatic rings. The number of aromatic nitrogens is 2. The lowest BCUT2D eigenvalue weighted by Gasteiger charge is -2.33. The van der Waals surface area contributed by atoms with Crippen LogP contribution in [0.4, 0.5) is 18.0 Å². The molecule has 0 aliphatic carbocycles. The van der Waals surface area contributed by atoms with Crippen LogP contribution in [-0.4, -0.2) is 64.0 Å². The number of piperidine rings is 1. The number of alkyl halides is 3. The van der Waals surface area contributed by atoms with Gasteiger partial charge in [0.15, 0.2) is 5.69 Å². The molecule has 31 heavy (non-hydrogen) atoms. The van der Waals surface area contributed by atoms with Gasteiger partial charge in [0.1, 0.15) is 0 Å². The van der Waals surface area contributed by atoms with Gasteiger partial charge in [0.05, 0.1) is 24.3 Å². The van der Waals surface area contributed by atoms with Crippen molar-refractivity contribution in [3.05, 3.63) is 52.3 Å². The van der Waals surface area contributed by atoms with E-state index in [-0.39, 0.29) is 23.6 Å². The maximum Gasteiger partial charge on any atom is 0.416 e. The number of carbonyl (C=O) groups excluding carboxylic acids is 2. The number of rotatable bonds is 2. The van der Waals surface area contributed by atoms with Gasteiger partial charge < -0.3 is 14.7 Å². The second-order valence-corrected chi connectivity index (χ2v) is 8.21. The molecule has 0 atom stereocenters. The quantitative estimate of drug-likeness (QED) is 0.786. The second kappa shape index (κ2) is 7.90. The molecular weight excluding hydrogens is 411 g/mol. The van der Waals surface area contributed by atoms with E-state index in [1.807, 2.05) is 0 Å². The Kier molecular flexibility index (Phi) is 5.40. The molecule has 1 aromatic carbocycles. The predicted molar refractivity (Wildman–Crippen MR) is 106 cm³/mol. The Morgan fingerprint density at radius 3 is 2.42 bits per heavy atom. The molecule has 0 saturated carbocycles. The van der Waals surface area contributed by atoms with E-state index in [9.17, 15) is 22.8 Å². The highest BCUT2D eigenvalue weighted by molar-refractivity contribution is 5.94. The lowest BCUT2D eigenvalue weighted by atomic mass is 9.86. The van der Waals surface area contributed by atoms with Crippen LogP contribution in [0.2, 0.25) is 0 Å². The summed E-state index contributed by atoms with van der Waals surface area (Å²) in [6.07, 6.45) is -3.48. The van der Waals surface area contributed by atoms with Crippen LogP contribution < -0.4 is 0 Å². The van der Waals surface area contributed by atoms with Crippen LogP contribution in [0.25, 0.3) is 0 Å². The minimum atomic E-state index is -4.39. The first-order valence-electron chi connectivity index (χ1n) is 10.1. The standard InChI is InChI=1S/C21H24F3N5O2/c1-27(2)20(31)29-11-15-17(12-29)25-26-18(15)19(30)28-9-7-13(8-10-28)14-5-3-4-6-16(14)21(22,23)24/h3-6,13H,7-12H2,1-2H3,(H,25,26). The Balaban J connectivity index is 1.44. The summed E-state index contributed by atoms with van der Waals surface area (Å²) in [5.41, 5.74) is 1.44. The van der Waals surface area contributed by atoms with Crippen molar-refractivity contribution in [2.75, 3.05) is 27.2 Å². The third kappa shape index (κ3) is 3.98. The molecule has 1 N–H and O–H groups in total. The summed E-state index contributed by atoms with van der Waals surface area (Å²) in [6.45, 7) is 1.39. The topological polar surface area (TPSA) is 72.5 Å². The summed E-state index contributed by atoms with van der Waals surface area (Å²) in [5.74, 6) is -0.501. The van der Waals surface area contributed by atoms with Crippen LogP contribution in [0.3, 0.4) is 0 Å². The normalized spacial score (nSPS) is 17.1. The number of nitrogens with one attached hydrogen (secondary N) is 1. The summed E-state index contributed by atoms with van der Waals surface area (Å²) in [6, 6.07) is 5.51. The van der Waals surface area contributed by atoms with E-state index >= 15 is 0 Å². The summed E-state index contributed by atoms with van der Waals surface area (Å²) in [4.78, 5) is 30.0. The predicted octanol–water partition coefficient (Wildman–Crippen LogP) is 3.45. The first kappa shape index (κ1) is 21.2. The molecule has 7 nitrogen and oxygen atoms in total. The first-order valence-corrected chi connectivity index (χ1v) is 10.1. The second-order valence-electron chi connectivity index (χ2n) is 8.21. The zero-order valence-electron chi connectivity index (χ0n) is 17.4. The van der Waals surface area contributed by atoms with Crippen molar-refractivity contribution in [2.24, 2.45) is 0 Å². The van der Waals surface area contributed by atoms with Gasteiger partial charge in [-0.1, -0.05) is 18.2 Å². The number of fused-ring (bicyclic) bond motifs is 1. The van der Waals surface area contributed by atoms with Gasteiger partial charge in [-0.15, -0.1) is 0 Å². The maximum atomic E-state index is 13.4. The van der Waals surface area contributed by atoms with E-state index in [2.05, 4.69) is 10.2 Å². The van der Waals surface area contributed by atoms with Crippen LogP contribution in [0, 0.1) is 0 Å². The van der Waals surface area contributed by atoms with Crippen molar-refractivity contribution < 1.29 is 22.8 Å². The van der Waals surface area contributed by atoms with E-state index in [0.29, 0.717) is 50.1 Å². The number of nitrogens with zero attached hydrogens (tertiary/aromatic N) is 4. The van der Waals surface area contributed by atoms with E-state index in [0.717, 1.165) is 11.8 Å². The smallest absolute Gasteiger partial charge is 0.337 e. The number of hydrogen-bond acceptors (Lipinski definition) is 3. The molecule has 1 fully saturated rings. The van der Waals surface area contributed by atoms with Gasteiger partial charge in [0.2, 0.25) is 0 Å². The number of hydrogen-bond donors (Lipinski definition) is 1. The van der Waals surface area contributed by atoms with Gasteiger partial charge >= 0.3 is 12.2 Å². The molecule has 0 radical (unpaired) electrons. The molecular formula is C21H24F3N5O2. The van der Waals surface area contributed by atoms with Crippen molar-refractivity contribution in [3.8, 4) is 0 Å². The zero-order valence-corrected chi connectivity index (χ0v) is 17.4. The van der Waals surface area contributed by atoms with E-state index in [1.54, 1.807) is 30.0 Å².